The van der Waals surface area contributed by atoms with E-state index in [9.17, 15) is 4.79 Å². The van der Waals surface area contributed by atoms with E-state index in [4.69, 9.17) is 0 Å². The Balaban J connectivity index is 0.000000924. The lowest BCUT2D eigenvalue weighted by Gasteiger charge is -2.35. The number of nitrogens with one attached hydrogen (secondary N) is 1. The van der Waals surface area contributed by atoms with Crippen LogP contribution < -0.4 is 5.32 Å². The lowest BCUT2D eigenvalue weighted by molar-refractivity contribution is -0.119. The van der Waals surface area contributed by atoms with E-state index < -0.39 is 0 Å². The summed E-state index contributed by atoms with van der Waals surface area (Å²) in [4.78, 5) is 13.8. The van der Waals surface area contributed by atoms with Crippen LogP contribution in [0.3, 0.4) is 0 Å². The van der Waals surface area contributed by atoms with Gasteiger partial charge in [0.1, 0.15) is 0 Å². The van der Waals surface area contributed by atoms with Gasteiger partial charge in [0.15, 0.2) is 0 Å². The first-order chi connectivity index (χ1) is 11.2. The lowest BCUT2D eigenvalue weighted by Crippen LogP contribution is -2.40. The van der Waals surface area contributed by atoms with Gasteiger partial charge in [0, 0.05) is 32.1 Å². The van der Waals surface area contributed by atoms with Gasteiger partial charge in [-0.3, -0.25) is 9.69 Å². The molecule has 3 nitrogen and oxygen atoms in total. The normalized spacial score (nSPS) is 27.9. The molecule has 1 atom stereocenters. The average Bonchev–Trinajstić information content (AvgIpc) is 3.05. The number of hydrogen-bond acceptors (Lipinski definition) is 2. The largest absolute Gasteiger partial charge is 0.352 e. The zero-order chi connectivity index (χ0) is 16.7. The summed E-state index contributed by atoms with van der Waals surface area (Å²) in [6.07, 6.45) is 6.31. The van der Waals surface area contributed by atoms with Crippen LogP contribution in [0.15, 0.2) is 30.3 Å². The van der Waals surface area contributed by atoms with Gasteiger partial charge in [-0.1, -0.05) is 44.2 Å². The van der Waals surface area contributed by atoms with Crippen molar-refractivity contribution < 1.29 is 4.79 Å². The molecule has 2 aliphatic rings. The molecule has 1 unspecified atom stereocenters. The zero-order valence-electron chi connectivity index (χ0n) is 14.9. The number of likely N-dealkylation sites (tertiary alicyclic amines) is 1. The fourth-order valence-electron chi connectivity index (χ4n) is 4.02. The van der Waals surface area contributed by atoms with Gasteiger partial charge in [-0.2, -0.15) is 0 Å². The van der Waals surface area contributed by atoms with Crippen molar-refractivity contribution in [3.8, 4) is 0 Å². The van der Waals surface area contributed by atoms with Crippen LogP contribution in [-0.2, 0) is 4.79 Å². The van der Waals surface area contributed by atoms with Gasteiger partial charge in [0.2, 0.25) is 5.91 Å². The zero-order valence-corrected chi connectivity index (χ0v) is 14.9. The molecule has 1 aromatic carbocycles. The average molecular weight is 316 g/mol. The number of carbonyl (C=O) groups excluding carboxylic acids is 1. The second kappa shape index (κ2) is 9.07. The van der Waals surface area contributed by atoms with E-state index in [-0.39, 0.29) is 5.91 Å². The van der Waals surface area contributed by atoms with Gasteiger partial charge in [0.05, 0.1) is 0 Å². The summed E-state index contributed by atoms with van der Waals surface area (Å²) < 4.78 is 0. The number of hydrogen-bond donors (Lipinski definition) is 1. The van der Waals surface area contributed by atoms with Crippen molar-refractivity contribution in [1.82, 2.24) is 10.2 Å². The minimum Gasteiger partial charge on any atom is -0.352 e. The Hall–Kier alpha value is -1.35. The van der Waals surface area contributed by atoms with E-state index in [1.165, 1.54) is 31.2 Å². The molecule has 3 rings (SSSR count). The van der Waals surface area contributed by atoms with Crippen LogP contribution >= 0.6 is 0 Å². The van der Waals surface area contributed by atoms with Gasteiger partial charge >= 0.3 is 0 Å². The quantitative estimate of drug-likeness (QED) is 0.916. The van der Waals surface area contributed by atoms with E-state index in [1.807, 2.05) is 13.8 Å². The molecular weight excluding hydrogens is 284 g/mol. The van der Waals surface area contributed by atoms with Crippen molar-refractivity contribution in [2.45, 2.75) is 70.9 Å². The first-order valence-electron chi connectivity index (χ1n) is 9.28. The molecule has 1 amide bonds. The summed E-state index contributed by atoms with van der Waals surface area (Å²) >= 11 is 0. The van der Waals surface area contributed by atoms with Crippen molar-refractivity contribution >= 4 is 5.91 Å². The Morgan fingerprint density at radius 2 is 1.70 bits per heavy atom. The van der Waals surface area contributed by atoms with Gasteiger partial charge in [-0.15, -0.1) is 0 Å². The van der Waals surface area contributed by atoms with Crippen molar-refractivity contribution in [1.29, 1.82) is 0 Å². The third-order valence-electron chi connectivity index (χ3n) is 5.11. The summed E-state index contributed by atoms with van der Waals surface area (Å²) in [6.45, 7) is 7.81. The molecule has 0 aromatic heterocycles. The molecular formula is C20H32N2O. The molecule has 0 spiro atoms. The monoisotopic (exact) mass is 316 g/mol. The van der Waals surface area contributed by atoms with Crippen LogP contribution in [0.5, 0.6) is 0 Å². The van der Waals surface area contributed by atoms with Crippen LogP contribution in [0, 0.1) is 0 Å². The second-order valence-corrected chi connectivity index (χ2v) is 6.60. The van der Waals surface area contributed by atoms with E-state index in [1.54, 1.807) is 6.92 Å². The first kappa shape index (κ1) is 18.0. The molecule has 2 fully saturated rings. The summed E-state index contributed by atoms with van der Waals surface area (Å²) in [5.74, 6) is 0.853. The predicted octanol–water partition coefficient (Wildman–Crippen LogP) is 3.95. The molecule has 1 aromatic rings. The third kappa shape index (κ3) is 5.07. The van der Waals surface area contributed by atoms with Crippen LogP contribution in [0.2, 0.25) is 0 Å². The predicted molar refractivity (Wildman–Crippen MR) is 96.6 cm³/mol. The standard InChI is InChI=1S/C18H26N2O.C2H6/c1-14(21)19-17-11-12-20(13-17)18-9-7-16(8-10-18)15-5-3-2-4-6-15;1-2/h2-6,16-18H,7-13H2,1H3,(H,19,21);1-2H3. The van der Waals surface area contributed by atoms with Gasteiger partial charge in [0.25, 0.3) is 0 Å². The smallest absolute Gasteiger partial charge is 0.217 e. The van der Waals surface area contributed by atoms with Gasteiger partial charge in [-0.25, -0.2) is 0 Å². The van der Waals surface area contributed by atoms with Crippen molar-refractivity contribution in [2.75, 3.05) is 13.1 Å². The van der Waals surface area contributed by atoms with Crippen molar-refractivity contribution in [2.24, 2.45) is 0 Å². The molecule has 128 valence electrons. The van der Waals surface area contributed by atoms with E-state index in [0.29, 0.717) is 6.04 Å². The highest BCUT2D eigenvalue weighted by Crippen LogP contribution is 2.35. The molecule has 23 heavy (non-hydrogen) atoms. The maximum Gasteiger partial charge on any atom is 0.217 e. The molecule has 1 saturated carbocycles. The minimum absolute atomic E-state index is 0.106. The Labute approximate surface area is 141 Å². The van der Waals surface area contributed by atoms with Gasteiger partial charge < -0.3 is 5.32 Å². The Kier molecular flexibility index (Phi) is 7.10. The minimum atomic E-state index is 0.106. The number of carbonyl (C=O) groups is 1. The summed E-state index contributed by atoms with van der Waals surface area (Å²) in [7, 11) is 0. The Morgan fingerprint density at radius 1 is 1.04 bits per heavy atom. The highest BCUT2D eigenvalue weighted by atomic mass is 16.1. The molecule has 0 radical (unpaired) electrons. The van der Waals surface area contributed by atoms with E-state index in [0.717, 1.165) is 31.5 Å². The van der Waals surface area contributed by atoms with Crippen LogP contribution in [0.4, 0.5) is 0 Å². The number of amides is 1. The lowest BCUT2D eigenvalue weighted by atomic mass is 9.81. The maximum absolute atomic E-state index is 11.2. The summed E-state index contributed by atoms with van der Waals surface area (Å²) in [6, 6.07) is 12.0. The molecule has 1 N–H and O–H groups in total. The molecule has 3 heteroatoms. The third-order valence-corrected chi connectivity index (χ3v) is 5.11. The van der Waals surface area contributed by atoms with E-state index in [2.05, 4.69) is 40.5 Å². The van der Waals surface area contributed by atoms with E-state index >= 15 is 0 Å². The Bertz CT molecular complexity index is 466. The topological polar surface area (TPSA) is 32.3 Å². The fourth-order valence-corrected chi connectivity index (χ4v) is 4.02. The van der Waals surface area contributed by atoms with Crippen molar-refractivity contribution in [3.05, 3.63) is 35.9 Å². The number of benzene rings is 1. The summed E-state index contributed by atoms with van der Waals surface area (Å²) in [5, 5.41) is 3.06. The number of nitrogens with zero attached hydrogens (tertiary/aromatic N) is 1. The highest BCUT2D eigenvalue weighted by molar-refractivity contribution is 5.73. The number of rotatable bonds is 3. The van der Waals surface area contributed by atoms with Crippen molar-refractivity contribution in [3.63, 3.8) is 0 Å². The molecule has 0 bridgehead atoms. The van der Waals surface area contributed by atoms with Crippen LogP contribution in [0.1, 0.15) is 64.4 Å². The Morgan fingerprint density at radius 3 is 2.30 bits per heavy atom. The maximum atomic E-state index is 11.2. The molecule has 1 aliphatic heterocycles. The summed E-state index contributed by atoms with van der Waals surface area (Å²) in [5.41, 5.74) is 1.51. The SMILES string of the molecule is CC.CC(=O)NC1CCN(C2CCC(c3ccccc3)CC2)C1. The van der Waals surface area contributed by atoms with Crippen LogP contribution in [-0.4, -0.2) is 36.0 Å². The first-order valence-corrected chi connectivity index (χ1v) is 9.28. The highest BCUT2D eigenvalue weighted by Gasteiger charge is 2.31. The molecule has 1 saturated heterocycles. The molecule has 1 heterocycles. The fraction of sp³-hybridized carbons (Fsp3) is 0.650. The molecule has 1 aliphatic carbocycles. The second-order valence-electron chi connectivity index (χ2n) is 6.60. The van der Waals surface area contributed by atoms with Crippen LogP contribution in [0.25, 0.3) is 0 Å². The van der Waals surface area contributed by atoms with Gasteiger partial charge in [-0.05, 0) is 43.6 Å².